The average Bonchev–Trinajstić information content (AvgIpc) is 2.83. The minimum absolute atomic E-state index is 0.0806. The van der Waals surface area contributed by atoms with E-state index in [2.05, 4.69) is 41.4 Å². The van der Waals surface area contributed by atoms with Gasteiger partial charge in [-0.15, -0.1) is 0 Å². The van der Waals surface area contributed by atoms with Gasteiger partial charge in [0.15, 0.2) is 0 Å². The molecular weight excluding hydrogens is 415 g/mol. The summed E-state index contributed by atoms with van der Waals surface area (Å²) in [5.74, 6) is 0.715. The number of ether oxygens (including phenoxy) is 1. The Morgan fingerprint density at radius 2 is 1.67 bits per heavy atom. The molecule has 0 saturated carbocycles. The number of carbonyl (C=O) groups is 1. The van der Waals surface area contributed by atoms with E-state index in [1.807, 2.05) is 24.3 Å². The third-order valence-corrected chi connectivity index (χ3v) is 6.16. The summed E-state index contributed by atoms with van der Waals surface area (Å²) < 4.78 is 18.7. The Bertz CT molecular complexity index is 1040. The standard InChI is InChI=1S/C28H31FN2O2/c1-21-3-2-4-24(17-21)19-31-15-13-25(14-16-31)28(32)30-18-22-7-11-27(12-8-22)33-20-23-5-9-26(29)10-6-23/h2-12,17,25H,13-16,18-20H2,1H3,(H,30,32). The molecule has 0 aromatic heterocycles. The summed E-state index contributed by atoms with van der Waals surface area (Å²) in [5, 5.41) is 3.09. The van der Waals surface area contributed by atoms with E-state index in [0.717, 1.165) is 49.4 Å². The van der Waals surface area contributed by atoms with Crippen molar-refractivity contribution in [2.75, 3.05) is 13.1 Å². The Kier molecular flexibility index (Phi) is 7.74. The average molecular weight is 447 g/mol. The molecule has 1 fully saturated rings. The predicted molar refractivity (Wildman–Crippen MR) is 128 cm³/mol. The van der Waals surface area contributed by atoms with Crippen LogP contribution in [-0.4, -0.2) is 23.9 Å². The number of nitrogens with zero attached hydrogens (tertiary/aromatic N) is 1. The summed E-state index contributed by atoms with van der Waals surface area (Å²) in [4.78, 5) is 15.1. The Balaban J connectivity index is 1.18. The molecule has 4 nitrogen and oxygen atoms in total. The number of halogens is 1. The number of hydrogen-bond acceptors (Lipinski definition) is 3. The van der Waals surface area contributed by atoms with E-state index in [0.29, 0.717) is 13.2 Å². The first-order valence-corrected chi connectivity index (χ1v) is 11.6. The van der Waals surface area contributed by atoms with Gasteiger partial charge in [-0.1, -0.05) is 54.1 Å². The lowest BCUT2D eigenvalue weighted by atomic mass is 9.95. The number of benzene rings is 3. The van der Waals surface area contributed by atoms with Gasteiger partial charge in [0.25, 0.3) is 0 Å². The van der Waals surface area contributed by atoms with E-state index in [1.165, 1.54) is 23.3 Å². The highest BCUT2D eigenvalue weighted by Crippen LogP contribution is 2.20. The first-order chi connectivity index (χ1) is 16.0. The summed E-state index contributed by atoms with van der Waals surface area (Å²) in [7, 11) is 0. The number of amides is 1. The number of aryl methyl sites for hydroxylation is 1. The van der Waals surface area contributed by atoms with Crippen molar-refractivity contribution in [3.63, 3.8) is 0 Å². The monoisotopic (exact) mass is 446 g/mol. The maximum absolute atomic E-state index is 13.0. The van der Waals surface area contributed by atoms with Crippen molar-refractivity contribution in [2.24, 2.45) is 5.92 Å². The molecule has 4 rings (SSSR count). The predicted octanol–water partition coefficient (Wildman–Crippen LogP) is 5.24. The highest BCUT2D eigenvalue weighted by Gasteiger charge is 2.24. The number of rotatable bonds is 8. The largest absolute Gasteiger partial charge is 0.489 e. The van der Waals surface area contributed by atoms with Crippen LogP contribution in [0, 0.1) is 18.7 Å². The molecule has 3 aromatic carbocycles. The molecule has 1 aliphatic heterocycles. The van der Waals surface area contributed by atoms with Crippen LogP contribution in [0.5, 0.6) is 5.75 Å². The van der Waals surface area contributed by atoms with Gasteiger partial charge in [-0.3, -0.25) is 9.69 Å². The van der Waals surface area contributed by atoms with Crippen LogP contribution in [0.15, 0.2) is 72.8 Å². The second-order valence-corrected chi connectivity index (χ2v) is 8.82. The van der Waals surface area contributed by atoms with Crippen molar-refractivity contribution in [1.29, 1.82) is 0 Å². The van der Waals surface area contributed by atoms with E-state index in [1.54, 1.807) is 12.1 Å². The minimum atomic E-state index is -0.252. The number of piperidine rings is 1. The second kappa shape index (κ2) is 11.1. The molecule has 1 heterocycles. The summed E-state index contributed by atoms with van der Waals surface area (Å²) in [6, 6.07) is 22.6. The van der Waals surface area contributed by atoms with Gasteiger partial charge in [0.2, 0.25) is 5.91 Å². The van der Waals surface area contributed by atoms with E-state index < -0.39 is 0 Å². The molecule has 0 spiro atoms. The first-order valence-electron chi connectivity index (χ1n) is 11.6. The van der Waals surface area contributed by atoms with Crippen LogP contribution in [-0.2, 0) is 24.5 Å². The van der Waals surface area contributed by atoms with Gasteiger partial charge in [0.1, 0.15) is 18.2 Å². The fourth-order valence-corrected chi connectivity index (χ4v) is 4.21. The van der Waals surface area contributed by atoms with Crippen LogP contribution in [0.3, 0.4) is 0 Å². The Labute approximate surface area is 195 Å². The summed E-state index contributed by atoms with van der Waals surface area (Å²) in [6.07, 6.45) is 1.79. The van der Waals surface area contributed by atoms with Crippen LogP contribution in [0.2, 0.25) is 0 Å². The number of carbonyl (C=O) groups excluding carboxylic acids is 1. The van der Waals surface area contributed by atoms with Crippen LogP contribution in [0.4, 0.5) is 4.39 Å². The van der Waals surface area contributed by atoms with Crippen LogP contribution in [0.1, 0.15) is 35.1 Å². The lowest BCUT2D eigenvalue weighted by Crippen LogP contribution is -2.40. The SMILES string of the molecule is Cc1cccc(CN2CCC(C(=O)NCc3ccc(OCc4ccc(F)cc4)cc3)CC2)c1. The normalized spacial score (nSPS) is 14.7. The van der Waals surface area contributed by atoms with Gasteiger partial charge >= 0.3 is 0 Å². The van der Waals surface area contributed by atoms with Crippen molar-refractivity contribution >= 4 is 5.91 Å². The Morgan fingerprint density at radius 1 is 0.970 bits per heavy atom. The van der Waals surface area contributed by atoms with Gasteiger partial charge in [-0.05, 0) is 73.8 Å². The Morgan fingerprint density at radius 3 is 2.36 bits per heavy atom. The smallest absolute Gasteiger partial charge is 0.223 e. The molecule has 0 atom stereocenters. The van der Waals surface area contributed by atoms with Crippen molar-refractivity contribution in [3.05, 3.63) is 101 Å². The van der Waals surface area contributed by atoms with Gasteiger partial charge in [-0.25, -0.2) is 4.39 Å². The molecule has 1 amide bonds. The van der Waals surface area contributed by atoms with Crippen LogP contribution < -0.4 is 10.1 Å². The van der Waals surface area contributed by atoms with Gasteiger partial charge in [0, 0.05) is 19.0 Å². The molecule has 1 aliphatic rings. The van der Waals surface area contributed by atoms with Crippen molar-refractivity contribution < 1.29 is 13.9 Å². The molecule has 33 heavy (non-hydrogen) atoms. The van der Waals surface area contributed by atoms with Crippen molar-refractivity contribution in [2.45, 2.75) is 39.5 Å². The van der Waals surface area contributed by atoms with Crippen LogP contribution in [0.25, 0.3) is 0 Å². The second-order valence-electron chi connectivity index (χ2n) is 8.82. The topological polar surface area (TPSA) is 41.6 Å². The molecule has 0 unspecified atom stereocenters. The van der Waals surface area contributed by atoms with Gasteiger partial charge in [-0.2, -0.15) is 0 Å². The third kappa shape index (κ3) is 6.90. The molecule has 1 saturated heterocycles. The minimum Gasteiger partial charge on any atom is -0.489 e. The fourth-order valence-electron chi connectivity index (χ4n) is 4.21. The lowest BCUT2D eigenvalue weighted by molar-refractivity contribution is -0.126. The highest BCUT2D eigenvalue weighted by molar-refractivity contribution is 5.78. The third-order valence-electron chi connectivity index (χ3n) is 6.16. The lowest BCUT2D eigenvalue weighted by Gasteiger charge is -2.31. The quantitative estimate of drug-likeness (QED) is 0.514. The Hall–Kier alpha value is -3.18. The van der Waals surface area contributed by atoms with Gasteiger partial charge in [0.05, 0.1) is 0 Å². The number of likely N-dealkylation sites (tertiary alicyclic amines) is 1. The molecule has 0 bridgehead atoms. The maximum atomic E-state index is 13.0. The number of nitrogens with one attached hydrogen (secondary N) is 1. The molecule has 5 heteroatoms. The van der Waals surface area contributed by atoms with Crippen LogP contribution >= 0.6 is 0 Å². The van der Waals surface area contributed by atoms with Crippen molar-refractivity contribution in [3.8, 4) is 5.75 Å². The first kappa shape index (κ1) is 23.0. The molecule has 1 N–H and O–H groups in total. The zero-order valence-electron chi connectivity index (χ0n) is 19.1. The molecule has 0 aliphatic carbocycles. The highest BCUT2D eigenvalue weighted by atomic mass is 19.1. The summed E-state index contributed by atoms with van der Waals surface area (Å²) in [6.45, 7) is 5.87. The van der Waals surface area contributed by atoms with Gasteiger partial charge < -0.3 is 10.1 Å². The molecule has 172 valence electrons. The summed E-state index contributed by atoms with van der Waals surface area (Å²) in [5.41, 5.74) is 4.57. The number of hydrogen-bond donors (Lipinski definition) is 1. The van der Waals surface area contributed by atoms with E-state index in [4.69, 9.17) is 4.74 Å². The summed E-state index contributed by atoms with van der Waals surface area (Å²) >= 11 is 0. The van der Waals surface area contributed by atoms with Crippen molar-refractivity contribution in [1.82, 2.24) is 10.2 Å². The van der Waals surface area contributed by atoms with E-state index in [9.17, 15) is 9.18 Å². The zero-order chi connectivity index (χ0) is 23.0. The van der Waals surface area contributed by atoms with E-state index >= 15 is 0 Å². The zero-order valence-corrected chi connectivity index (χ0v) is 19.1. The molecule has 3 aromatic rings. The fraction of sp³-hybridized carbons (Fsp3) is 0.321. The molecular formula is C28H31FN2O2. The molecule has 0 radical (unpaired) electrons. The van der Waals surface area contributed by atoms with E-state index in [-0.39, 0.29) is 17.6 Å². The maximum Gasteiger partial charge on any atom is 0.223 e.